The van der Waals surface area contributed by atoms with Gasteiger partial charge in [-0.25, -0.2) is 4.39 Å². The van der Waals surface area contributed by atoms with Gasteiger partial charge in [0.2, 0.25) is 0 Å². The lowest BCUT2D eigenvalue weighted by molar-refractivity contribution is 0.195. The molecule has 19 heavy (non-hydrogen) atoms. The molecule has 0 spiro atoms. The van der Waals surface area contributed by atoms with Crippen LogP contribution in [0.5, 0.6) is 0 Å². The van der Waals surface area contributed by atoms with Crippen LogP contribution in [-0.4, -0.2) is 24.5 Å². The molecule has 1 unspecified atom stereocenters. The van der Waals surface area contributed by atoms with Crippen molar-refractivity contribution in [2.75, 3.05) is 19.6 Å². The van der Waals surface area contributed by atoms with E-state index in [0.29, 0.717) is 6.54 Å². The van der Waals surface area contributed by atoms with Crippen molar-refractivity contribution in [3.05, 3.63) is 35.6 Å². The quantitative estimate of drug-likeness (QED) is 0.738. The van der Waals surface area contributed by atoms with E-state index in [-0.39, 0.29) is 11.9 Å². The van der Waals surface area contributed by atoms with E-state index < -0.39 is 0 Å². The largest absolute Gasteiger partial charge is 0.329 e. The van der Waals surface area contributed by atoms with Gasteiger partial charge in [0.1, 0.15) is 5.82 Å². The summed E-state index contributed by atoms with van der Waals surface area (Å²) in [6, 6.07) is 6.97. The molecule has 1 rings (SSSR count). The smallest absolute Gasteiger partial charge is 0.123 e. The standard InChI is InChI=1S/C16H27FN2/c1-3-5-11-19(12-6-4-2)16(13-18)14-7-9-15(17)10-8-14/h7-10,16H,3-6,11-13,18H2,1-2H3. The van der Waals surface area contributed by atoms with Gasteiger partial charge in [-0.2, -0.15) is 0 Å². The van der Waals surface area contributed by atoms with Crippen LogP contribution in [0.3, 0.4) is 0 Å². The van der Waals surface area contributed by atoms with Gasteiger partial charge in [-0.3, -0.25) is 4.90 Å². The molecule has 0 amide bonds. The first kappa shape index (κ1) is 16.1. The lowest BCUT2D eigenvalue weighted by atomic mass is 10.0. The van der Waals surface area contributed by atoms with Crippen LogP contribution in [0.1, 0.15) is 51.1 Å². The lowest BCUT2D eigenvalue weighted by Crippen LogP contribution is -2.35. The highest BCUT2D eigenvalue weighted by molar-refractivity contribution is 5.20. The molecule has 0 heterocycles. The Bertz CT molecular complexity index is 329. The molecule has 1 aromatic rings. The summed E-state index contributed by atoms with van der Waals surface area (Å²) in [5.74, 6) is -0.187. The van der Waals surface area contributed by atoms with Gasteiger partial charge in [-0.15, -0.1) is 0 Å². The molecule has 0 aliphatic rings. The van der Waals surface area contributed by atoms with E-state index >= 15 is 0 Å². The zero-order valence-electron chi connectivity index (χ0n) is 12.2. The molecule has 0 aliphatic carbocycles. The van der Waals surface area contributed by atoms with Crippen molar-refractivity contribution in [3.8, 4) is 0 Å². The highest BCUT2D eigenvalue weighted by atomic mass is 19.1. The SMILES string of the molecule is CCCCN(CCCC)C(CN)c1ccc(F)cc1. The topological polar surface area (TPSA) is 29.3 Å². The summed E-state index contributed by atoms with van der Waals surface area (Å²) < 4.78 is 13.0. The number of rotatable bonds is 9. The van der Waals surface area contributed by atoms with E-state index in [1.807, 2.05) is 12.1 Å². The third kappa shape index (κ3) is 5.29. The van der Waals surface area contributed by atoms with Crippen molar-refractivity contribution in [2.24, 2.45) is 5.73 Å². The fourth-order valence-corrected chi connectivity index (χ4v) is 2.33. The first-order valence-electron chi connectivity index (χ1n) is 7.42. The number of hydrogen-bond donors (Lipinski definition) is 1. The Morgan fingerprint density at radius 2 is 1.58 bits per heavy atom. The second-order valence-electron chi connectivity index (χ2n) is 5.05. The van der Waals surface area contributed by atoms with E-state index in [9.17, 15) is 4.39 Å². The molecule has 3 heteroatoms. The average molecular weight is 266 g/mol. The Kier molecular flexibility index (Phi) is 7.68. The minimum absolute atomic E-state index is 0.187. The number of nitrogens with two attached hydrogens (primary N) is 1. The fourth-order valence-electron chi connectivity index (χ4n) is 2.33. The maximum absolute atomic E-state index is 13.0. The zero-order valence-corrected chi connectivity index (χ0v) is 12.2. The molecule has 0 bridgehead atoms. The number of halogens is 1. The van der Waals surface area contributed by atoms with E-state index in [2.05, 4.69) is 18.7 Å². The molecule has 1 aromatic carbocycles. The van der Waals surface area contributed by atoms with Crippen molar-refractivity contribution in [2.45, 2.75) is 45.6 Å². The Balaban J connectivity index is 2.78. The second kappa shape index (κ2) is 9.05. The van der Waals surface area contributed by atoms with Gasteiger partial charge in [0.05, 0.1) is 0 Å². The first-order chi connectivity index (χ1) is 9.22. The molecule has 0 aromatic heterocycles. The van der Waals surface area contributed by atoms with Crippen LogP contribution in [0.15, 0.2) is 24.3 Å². The molecular weight excluding hydrogens is 239 g/mol. The summed E-state index contributed by atoms with van der Waals surface area (Å²) in [4.78, 5) is 2.44. The van der Waals surface area contributed by atoms with Crippen LogP contribution in [0.25, 0.3) is 0 Å². The minimum Gasteiger partial charge on any atom is -0.329 e. The molecule has 0 radical (unpaired) electrons. The summed E-state index contributed by atoms with van der Waals surface area (Å²) in [5, 5.41) is 0. The van der Waals surface area contributed by atoms with Gasteiger partial charge >= 0.3 is 0 Å². The van der Waals surface area contributed by atoms with Crippen molar-refractivity contribution >= 4 is 0 Å². The Morgan fingerprint density at radius 1 is 1.05 bits per heavy atom. The molecule has 2 N–H and O–H groups in total. The van der Waals surface area contributed by atoms with Gasteiger partial charge in [0, 0.05) is 12.6 Å². The van der Waals surface area contributed by atoms with Crippen LogP contribution in [0, 0.1) is 5.82 Å². The van der Waals surface area contributed by atoms with Gasteiger partial charge in [0.25, 0.3) is 0 Å². The predicted octanol–water partition coefficient (Wildman–Crippen LogP) is 3.73. The molecule has 0 saturated carbocycles. The van der Waals surface area contributed by atoms with Gasteiger partial charge in [-0.1, -0.05) is 38.8 Å². The van der Waals surface area contributed by atoms with Crippen LogP contribution >= 0.6 is 0 Å². The fraction of sp³-hybridized carbons (Fsp3) is 0.625. The van der Waals surface area contributed by atoms with Crippen LogP contribution in [-0.2, 0) is 0 Å². The number of unbranched alkanes of at least 4 members (excludes halogenated alkanes) is 2. The molecular formula is C16H27FN2. The van der Waals surface area contributed by atoms with E-state index in [1.54, 1.807) is 0 Å². The molecule has 0 fully saturated rings. The summed E-state index contributed by atoms with van der Waals surface area (Å²) in [6.07, 6.45) is 4.73. The van der Waals surface area contributed by atoms with Crippen LogP contribution < -0.4 is 5.73 Å². The summed E-state index contributed by atoms with van der Waals surface area (Å²) >= 11 is 0. The van der Waals surface area contributed by atoms with Crippen molar-refractivity contribution in [3.63, 3.8) is 0 Å². The van der Waals surface area contributed by atoms with Crippen LogP contribution in [0.2, 0.25) is 0 Å². The molecule has 0 saturated heterocycles. The third-order valence-electron chi connectivity index (χ3n) is 3.52. The van der Waals surface area contributed by atoms with E-state index in [0.717, 1.165) is 18.7 Å². The molecule has 1 atom stereocenters. The average Bonchev–Trinajstić information content (AvgIpc) is 2.43. The molecule has 108 valence electrons. The van der Waals surface area contributed by atoms with Crippen molar-refractivity contribution < 1.29 is 4.39 Å². The van der Waals surface area contributed by atoms with Crippen LogP contribution in [0.4, 0.5) is 4.39 Å². The Labute approximate surface area is 116 Å². The Hall–Kier alpha value is -0.930. The van der Waals surface area contributed by atoms with Gasteiger partial charge < -0.3 is 5.73 Å². The summed E-state index contributed by atoms with van der Waals surface area (Å²) in [5.41, 5.74) is 7.07. The lowest BCUT2D eigenvalue weighted by Gasteiger charge is -2.31. The van der Waals surface area contributed by atoms with Crippen molar-refractivity contribution in [1.82, 2.24) is 4.90 Å². The third-order valence-corrected chi connectivity index (χ3v) is 3.52. The monoisotopic (exact) mass is 266 g/mol. The maximum Gasteiger partial charge on any atom is 0.123 e. The minimum atomic E-state index is -0.187. The first-order valence-corrected chi connectivity index (χ1v) is 7.42. The highest BCUT2D eigenvalue weighted by Gasteiger charge is 2.18. The number of benzene rings is 1. The van der Waals surface area contributed by atoms with Gasteiger partial charge in [-0.05, 0) is 43.6 Å². The zero-order chi connectivity index (χ0) is 14.1. The molecule has 0 aliphatic heterocycles. The normalized spacial score (nSPS) is 12.9. The Morgan fingerprint density at radius 3 is 2.00 bits per heavy atom. The van der Waals surface area contributed by atoms with Gasteiger partial charge in [0.15, 0.2) is 0 Å². The van der Waals surface area contributed by atoms with E-state index in [4.69, 9.17) is 5.73 Å². The second-order valence-corrected chi connectivity index (χ2v) is 5.05. The molecule has 2 nitrogen and oxygen atoms in total. The summed E-state index contributed by atoms with van der Waals surface area (Å²) in [6.45, 7) is 7.12. The highest BCUT2D eigenvalue weighted by Crippen LogP contribution is 2.21. The predicted molar refractivity (Wildman–Crippen MR) is 79.6 cm³/mol. The maximum atomic E-state index is 13.0. The van der Waals surface area contributed by atoms with Crippen molar-refractivity contribution in [1.29, 1.82) is 0 Å². The van der Waals surface area contributed by atoms with E-state index in [1.165, 1.54) is 37.8 Å². The number of nitrogens with zero attached hydrogens (tertiary/aromatic N) is 1. The summed E-state index contributed by atoms with van der Waals surface area (Å²) in [7, 11) is 0. The number of hydrogen-bond acceptors (Lipinski definition) is 2.